The van der Waals surface area contributed by atoms with Crippen LogP contribution in [0, 0.1) is 11.3 Å². The van der Waals surface area contributed by atoms with Crippen LogP contribution in [0.2, 0.25) is 0 Å². The van der Waals surface area contributed by atoms with Crippen LogP contribution in [0.1, 0.15) is 5.56 Å². The molecule has 1 aliphatic heterocycles. The van der Waals surface area contributed by atoms with Crippen LogP contribution in [-0.4, -0.2) is 38.5 Å². The van der Waals surface area contributed by atoms with Crippen LogP contribution in [0.5, 0.6) is 0 Å². The van der Waals surface area contributed by atoms with Crippen molar-refractivity contribution in [2.75, 3.05) is 13.1 Å². The minimum absolute atomic E-state index is 0.0259. The third-order valence-electron chi connectivity index (χ3n) is 2.71. The van der Waals surface area contributed by atoms with E-state index in [0.29, 0.717) is 0 Å². The Kier molecular flexibility index (Phi) is 3.80. The van der Waals surface area contributed by atoms with Gasteiger partial charge in [-0.25, -0.2) is 8.42 Å². The van der Waals surface area contributed by atoms with Crippen LogP contribution >= 0.6 is 0 Å². The summed E-state index contributed by atoms with van der Waals surface area (Å²) in [6.45, 7) is -3.12. The van der Waals surface area contributed by atoms with Gasteiger partial charge in [-0.1, -0.05) is 6.07 Å². The molecule has 0 atom stereocenters. The molecule has 1 aromatic carbocycles. The molecule has 1 aliphatic rings. The fraction of sp³-hybridized carbons (Fsp3) is 0.364. The molecule has 0 radical (unpaired) electrons. The molecule has 0 aliphatic carbocycles. The highest BCUT2D eigenvalue weighted by Crippen LogP contribution is 2.24. The summed E-state index contributed by atoms with van der Waals surface area (Å²) in [4.78, 5) is -0.0259. The first-order valence-electron chi connectivity index (χ1n) is 5.37. The smallest absolute Gasteiger partial charge is 0.317 e. The quantitative estimate of drug-likeness (QED) is 0.834. The number of halogens is 2. The summed E-state index contributed by atoms with van der Waals surface area (Å²) >= 11 is 0. The van der Waals surface area contributed by atoms with Crippen LogP contribution in [0.25, 0.3) is 0 Å². The molecule has 2 rings (SSSR count). The lowest BCUT2D eigenvalue weighted by Gasteiger charge is -2.37. The standard InChI is InChI=1S/C11H10F2N2O3S/c12-11(13)18-9-6-15(7-9)19(16,17)10-3-1-2-8(4-10)5-14/h1-4,9,11H,6-7H2. The average molecular weight is 288 g/mol. The Balaban J connectivity index is 2.10. The van der Waals surface area contributed by atoms with Gasteiger partial charge in [0.2, 0.25) is 10.0 Å². The molecule has 19 heavy (non-hydrogen) atoms. The second-order valence-electron chi connectivity index (χ2n) is 3.98. The van der Waals surface area contributed by atoms with E-state index >= 15 is 0 Å². The van der Waals surface area contributed by atoms with Crippen molar-refractivity contribution in [2.24, 2.45) is 0 Å². The highest BCUT2D eigenvalue weighted by atomic mass is 32.2. The predicted octanol–water partition coefficient (Wildman–Crippen LogP) is 1.17. The summed E-state index contributed by atoms with van der Waals surface area (Å²) in [6, 6.07) is 7.39. The van der Waals surface area contributed by atoms with Gasteiger partial charge >= 0.3 is 6.61 Å². The molecule has 1 aromatic rings. The molecule has 1 saturated heterocycles. The molecule has 102 valence electrons. The molecule has 0 N–H and O–H groups in total. The fourth-order valence-electron chi connectivity index (χ4n) is 1.70. The lowest BCUT2D eigenvalue weighted by Crippen LogP contribution is -2.55. The Bertz CT molecular complexity index is 607. The molecule has 8 heteroatoms. The largest absolute Gasteiger partial charge is 0.345 e. The van der Waals surface area contributed by atoms with Crippen LogP contribution in [0.4, 0.5) is 8.78 Å². The summed E-state index contributed by atoms with van der Waals surface area (Å²) in [5, 5.41) is 8.72. The van der Waals surface area contributed by atoms with E-state index in [1.165, 1.54) is 24.3 Å². The Morgan fingerprint density at radius 2 is 2.11 bits per heavy atom. The third kappa shape index (κ3) is 2.89. The van der Waals surface area contributed by atoms with Crippen molar-refractivity contribution in [2.45, 2.75) is 17.6 Å². The van der Waals surface area contributed by atoms with E-state index in [4.69, 9.17) is 5.26 Å². The first-order valence-corrected chi connectivity index (χ1v) is 6.81. The van der Waals surface area contributed by atoms with E-state index in [1.807, 2.05) is 6.07 Å². The second-order valence-corrected chi connectivity index (χ2v) is 5.92. The monoisotopic (exact) mass is 288 g/mol. The first-order chi connectivity index (χ1) is 8.93. The van der Waals surface area contributed by atoms with Crippen molar-refractivity contribution in [1.29, 1.82) is 5.26 Å². The van der Waals surface area contributed by atoms with Gasteiger partial charge in [0.25, 0.3) is 0 Å². The summed E-state index contributed by atoms with van der Waals surface area (Å²) in [7, 11) is -3.75. The summed E-state index contributed by atoms with van der Waals surface area (Å²) in [5.41, 5.74) is 0.224. The van der Waals surface area contributed by atoms with Crippen LogP contribution in [0.3, 0.4) is 0 Å². The Morgan fingerprint density at radius 1 is 1.42 bits per heavy atom. The number of nitrogens with zero attached hydrogens (tertiary/aromatic N) is 2. The van der Waals surface area contributed by atoms with Crippen molar-refractivity contribution in [1.82, 2.24) is 4.31 Å². The number of hydrogen-bond donors (Lipinski definition) is 0. The zero-order valence-electron chi connectivity index (χ0n) is 9.66. The zero-order chi connectivity index (χ0) is 14.0. The molecule has 0 spiro atoms. The van der Waals surface area contributed by atoms with Crippen molar-refractivity contribution in [3.8, 4) is 6.07 Å². The average Bonchev–Trinajstić information content (AvgIpc) is 2.33. The zero-order valence-corrected chi connectivity index (χ0v) is 10.5. The number of alkyl halides is 2. The summed E-state index contributed by atoms with van der Waals surface area (Å²) < 4.78 is 53.3. The van der Waals surface area contributed by atoms with E-state index in [0.717, 1.165) is 4.31 Å². The molecular formula is C11H10F2N2O3S. The van der Waals surface area contributed by atoms with E-state index in [9.17, 15) is 17.2 Å². The van der Waals surface area contributed by atoms with Gasteiger partial charge in [0.05, 0.1) is 22.6 Å². The van der Waals surface area contributed by atoms with Crippen LogP contribution < -0.4 is 0 Å². The summed E-state index contributed by atoms with van der Waals surface area (Å²) in [6.07, 6.45) is -0.783. The lowest BCUT2D eigenvalue weighted by atomic mass is 10.2. The first kappa shape index (κ1) is 13.9. The van der Waals surface area contributed by atoms with Crippen molar-refractivity contribution in [3.05, 3.63) is 29.8 Å². The van der Waals surface area contributed by atoms with Gasteiger partial charge in [0, 0.05) is 13.1 Å². The van der Waals surface area contributed by atoms with Gasteiger partial charge < -0.3 is 4.74 Å². The number of ether oxygens (including phenoxy) is 1. The van der Waals surface area contributed by atoms with Gasteiger partial charge in [-0.05, 0) is 18.2 Å². The molecular weight excluding hydrogens is 278 g/mol. The molecule has 5 nitrogen and oxygen atoms in total. The van der Waals surface area contributed by atoms with E-state index in [2.05, 4.69) is 4.74 Å². The number of hydrogen-bond acceptors (Lipinski definition) is 4. The van der Waals surface area contributed by atoms with Crippen molar-refractivity contribution < 1.29 is 21.9 Å². The Morgan fingerprint density at radius 3 is 2.68 bits per heavy atom. The van der Waals surface area contributed by atoms with Crippen molar-refractivity contribution in [3.63, 3.8) is 0 Å². The maximum absolute atomic E-state index is 12.1. The van der Waals surface area contributed by atoms with E-state index in [1.54, 1.807) is 0 Å². The SMILES string of the molecule is N#Cc1cccc(S(=O)(=O)N2CC(OC(F)F)C2)c1. The number of rotatable bonds is 4. The molecule has 0 bridgehead atoms. The molecule has 1 fully saturated rings. The summed E-state index contributed by atoms with van der Waals surface area (Å²) in [5.74, 6) is 0. The van der Waals surface area contributed by atoms with E-state index < -0.39 is 22.7 Å². The van der Waals surface area contributed by atoms with Gasteiger partial charge in [-0.2, -0.15) is 18.3 Å². The lowest BCUT2D eigenvalue weighted by molar-refractivity contribution is -0.185. The minimum Gasteiger partial charge on any atom is -0.317 e. The predicted molar refractivity (Wildman–Crippen MR) is 60.8 cm³/mol. The van der Waals surface area contributed by atoms with Gasteiger partial charge in [-0.15, -0.1) is 0 Å². The maximum Gasteiger partial charge on any atom is 0.345 e. The molecule has 0 unspecified atom stereocenters. The molecule has 0 aromatic heterocycles. The second kappa shape index (κ2) is 5.21. The highest BCUT2D eigenvalue weighted by Gasteiger charge is 2.38. The number of nitriles is 1. The van der Waals surface area contributed by atoms with Crippen LogP contribution in [0.15, 0.2) is 29.2 Å². The van der Waals surface area contributed by atoms with Gasteiger partial charge in [-0.3, -0.25) is 0 Å². The number of sulfonamides is 1. The molecule has 1 heterocycles. The normalized spacial score (nSPS) is 17.2. The van der Waals surface area contributed by atoms with Crippen molar-refractivity contribution >= 4 is 10.0 Å². The molecule has 0 amide bonds. The van der Waals surface area contributed by atoms with Crippen LogP contribution in [-0.2, 0) is 14.8 Å². The maximum atomic E-state index is 12.1. The number of benzene rings is 1. The Labute approximate surface area is 109 Å². The third-order valence-corrected chi connectivity index (χ3v) is 4.54. The minimum atomic E-state index is -3.75. The Hall–Kier alpha value is -1.56. The van der Waals surface area contributed by atoms with Gasteiger partial charge in [0.15, 0.2) is 0 Å². The van der Waals surface area contributed by atoms with Gasteiger partial charge in [0.1, 0.15) is 0 Å². The highest BCUT2D eigenvalue weighted by molar-refractivity contribution is 7.89. The molecule has 0 saturated carbocycles. The topological polar surface area (TPSA) is 70.4 Å². The van der Waals surface area contributed by atoms with E-state index in [-0.39, 0.29) is 23.5 Å². The fourth-order valence-corrected chi connectivity index (χ4v) is 3.25.